The van der Waals surface area contributed by atoms with Gasteiger partial charge in [0.1, 0.15) is 12.1 Å². The van der Waals surface area contributed by atoms with Gasteiger partial charge in [-0.15, -0.1) is 0 Å². The van der Waals surface area contributed by atoms with E-state index in [1.165, 1.54) is 7.11 Å². The molecule has 8 heteroatoms. The van der Waals surface area contributed by atoms with E-state index in [4.69, 9.17) is 11.6 Å². The lowest BCUT2D eigenvalue weighted by Crippen LogP contribution is -2.50. The van der Waals surface area contributed by atoms with Gasteiger partial charge in [0.15, 0.2) is 0 Å². The molecule has 0 spiro atoms. The number of rotatable bonds is 8. The second-order valence-electron chi connectivity index (χ2n) is 5.07. The van der Waals surface area contributed by atoms with Crippen molar-refractivity contribution >= 4 is 41.1 Å². The summed E-state index contributed by atoms with van der Waals surface area (Å²) in [6.45, 7) is 1.55. The van der Waals surface area contributed by atoms with E-state index in [0.29, 0.717) is 22.8 Å². The molecule has 1 rings (SSSR count). The lowest BCUT2D eigenvalue weighted by atomic mass is 10.1. The zero-order valence-electron chi connectivity index (χ0n) is 13.8. The van der Waals surface area contributed by atoms with Crippen LogP contribution < -0.4 is 10.6 Å². The molecule has 0 unspecified atom stereocenters. The van der Waals surface area contributed by atoms with Crippen molar-refractivity contribution in [2.24, 2.45) is 0 Å². The molecule has 0 fully saturated rings. The van der Waals surface area contributed by atoms with Crippen LogP contribution >= 0.6 is 23.4 Å². The number of carbonyl (C=O) groups is 3. The molecule has 0 heterocycles. The SMILES string of the molecule is COC(=O)[C@H](CCSC)NC(=O)[C@@H](C)NC(=O)c1ccc(Cl)cc1. The van der Waals surface area contributed by atoms with Gasteiger partial charge in [-0.25, -0.2) is 4.79 Å². The highest BCUT2D eigenvalue weighted by Gasteiger charge is 2.24. The van der Waals surface area contributed by atoms with Gasteiger partial charge in [-0.2, -0.15) is 11.8 Å². The summed E-state index contributed by atoms with van der Waals surface area (Å²) in [6.07, 6.45) is 2.36. The molecule has 0 aliphatic rings. The molecule has 0 saturated carbocycles. The van der Waals surface area contributed by atoms with Crippen LogP contribution in [0.2, 0.25) is 5.02 Å². The normalized spacial score (nSPS) is 12.8. The van der Waals surface area contributed by atoms with Gasteiger partial charge in [0.2, 0.25) is 5.91 Å². The van der Waals surface area contributed by atoms with E-state index >= 15 is 0 Å². The molecule has 2 atom stereocenters. The van der Waals surface area contributed by atoms with Gasteiger partial charge < -0.3 is 15.4 Å². The topological polar surface area (TPSA) is 84.5 Å². The molecule has 1 aromatic rings. The molecular weight excluding hydrogens is 352 g/mol. The van der Waals surface area contributed by atoms with Gasteiger partial charge in [0.05, 0.1) is 7.11 Å². The summed E-state index contributed by atoms with van der Waals surface area (Å²) >= 11 is 7.34. The molecule has 1 aromatic carbocycles. The number of ether oxygens (including phenoxy) is 1. The summed E-state index contributed by atoms with van der Waals surface area (Å²) in [4.78, 5) is 36.0. The largest absolute Gasteiger partial charge is 0.467 e. The first-order valence-corrected chi connectivity index (χ1v) is 9.09. The zero-order chi connectivity index (χ0) is 18.1. The Morgan fingerprint density at radius 1 is 1.21 bits per heavy atom. The minimum absolute atomic E-state index is 0.394. The number of hydrogen-bond acceptors (Lipinski definition) is 5. The van der Waals surface area contributed by atoms with Gasteiger partial charge >= 0.3 is 5.97 Å². The molecule has 24 heavy (non-hydrogen) atoms. The molecule has 0 aromatic heterocycles. The van der Waals surface area contributed by atoms with E-state index in [-0.39, 0.29) is 0 Å². The van der Waals surface area contributed by atoms with Crippen LogP contribution in [0.25, 0.3) is 0 Å². The van der Waals surface area contributed by atoms with Crippen molar-refractivity contribution < 1.29 is 19.1 Å². The molecule has 0 aliphatic carbocycles. The van der Waals surface area contributed by atoms with Crippen molar-refractivity contribution in [3.63, 3.8) is 0 Å². The molecule has 0 aliphatic heterocycles. The second kappa shape index (κ2) is 10.2. The molecule has 0 bridgehead atoms. The quantitative estimate of drug-likeness (QED) is 0.680. The fraction of sp³-hybridized carbons (Fsp3) is 0.438. The highest BCUT2D eigenvalue weighted by Crippen LogP contribution is 2.09. The highest BCUT2D eigenvalue weighted by atomic mass is 35.5. The number of esters is 1. The van der Waals surface area contributed by atoms with Gasteiger partial charge in [-0.1, -0.05) is 11.6 Å². The smallest absolute Gasteiger partial charge is 0.328 e. The van der Waals surface area contributed by atoms with Gasteiger partial charge in [-0.3, -0.25) is 9.59 Å². The van der Waals surface area contributed by atoms with Crippen LogP contribution in [0.4, 0.5) is 0 Å². The Bertz CT molecular complexity index is 580. The number of halogens is 1. The van der Waals surface area contributed by atoms with E-state index in [2.05, 4.69) is 15.4 Å². The average Bonchev–Trinajstić information content (AvgIpc) is 2.57. The monoisotopic (exact) mass is 372 g/mol. The minimum atomic E-state index is -0.797. The molecule has 132 valence electrons. The average molecular weight is 373 g/mol. The summed E-state index contributed by atoms with van der Waals surface area (Å²) < 4.78 is 4.69. The predicted molar refractivity (Wildman–Crippen MR) is 95.3 cm³/mol. The number of thioether (sulfide) groups is 1. The van der Waals surface area contributed by atoms with Crippen LogP contribution in [-0.4, -0.2) is 49.0 Å². The standard InChI is InChI=1S/C16H21ClN2O4S/c1-10(18-15(21)11-4-6-12(17)7-5-11)14(20)19-13(8-9-24-3)16(22)23-2/h4-7,10,13H,8-9H2,1-3H3,(H,18,21)(H,19,20)/t10-,13+/m1/s1. The number of benzene rings is 1. The lowest BCUT2D eigenvalue weighted by Gasteiger charge is -2.19. The number of nitrogens with one attached hydrogen (secondary N) is 2. The third-order valence-corrected chi connectivity index (χ3v) is 4.16. The van der Waals surface area contributed by atoms with Crippen LogP contribution in [-0.2, 0) is 14.3 Å². The number of amides is 2. The maximum atomic E-state index is 12.2. The fourth-order valence-electron chi connectivity index (χ4n) is 1.87. The van der Waals surface area contributed by atoms with Crippen LogP contribution in [0, 0.1) is 0 Å². The third-order valence-electron chi connectivity index (χ3n) is 3.26. The highest BCUT2D eigenvalue weighted by molar-refractivity contribution is 7.98. The van der Waals surface area contributed by atoms with E-state index < -0.39 is 29.9 Å². The van der Waals surface area contributed by atoms with E-state index in [9.17, 15) is 14.4 Å². The Labute approximate surface area is 150 Å². The number of carbonyl (C=O) groups excluding carboxylic acids is 3. The Morgan fingerprint density at radius 3 is 2.38 bits per heavy atom. The van der Waals surface area contributed by atoms with Crippen LogP contribution in [0.1, 0.15) is 23.7 Å². The first-order chi connectivity index (χ1) is 11.4. The summed E-state index contributed by atoms with van der Waals surface area (Å²) in [5, 5.41) is 5.71. The molecule has 6 nitrogen and oxygen atoms in total. The predicted octanol–water partition coefficient (Wildman–Crippen LogP) is 1.87. The Morgan fingerprint density at radius 2 is 1.83 bits per heavy atom. The van der Waals surface area contributed by atoms with Gasteiger partial charge in [0, 0.05) is 10.6 Å². The Kier molecular flexibility index (Phi) is 8.63. The van der Waals surface area contributed by atoms with E-state index in [0.717, 1.165) is 0 Å². The van der Waals surface area contributed by atoms with Gasteiger partial charge in [-0.05, 0) is 49.6 Å². The van der Waals surface area contributed by atoms with Crippen molar-refractivity contribution in [1.29, 1.82) is 0 Å². The molecule has 2 N–H and O–H groups in total. The number of methoxy groups -OCH3 is 1. The van der Waals surface area contributed by atoms with Crippen molar-refractivity contribution in [2.75, 3.05) is 19.1 Å². The first kappa shape index (κ1) is 20.3. The van der Waals surface area contributed by atoms with Crippen molar-refractivity contribution in [2.45, 2.75) is 25.4 Å². The van der Waals surface area contributed by atoms with Crippen molar-refractivity contribution in [3.05, 3.63) is 34.9 Å². The summed E-state index contributed by atoms with van der Waals surface area (Å²) in [5.41, 5.74) is 0.394. The van der Waals surface area contributed by atoms with Crippen LogP contribution in [0.15, 0.2) is 24.3 Å². The third kappa shape index (κ3) is 6.41. The molecule has 0 radical (unpaired) electrons. The summed E-state index contributed by atoms with van der Waals surface area (Å²) in [7, 11) is 1.27. The Hall–Kier alpha value is -1.73. The summed E-state index contributed by atoms with van der Waals surface area (Å²) in [6, 6.07) is 4.79. The second-order valence-corrected chi connectivity index (χ2v) is 6.49. The van der Waals surface area contributed by atoms with Crippen LogP contribution in [0.5, 0.6) is 0 Å². The Balaban J connectivity index is 2.63. The first-order valence-electron chi connectivity index (χ1n) is 7.32. The molecule has 0 saturated heterocycles. The summed E-state index contributed by atoms with van der Waals surface area (Å²) in [5.74, 6) is -0.651. The minimum Gasteiger partial charge on any atom is -0.467 e. The zero-order valence-corrected chi connectivity index (χ0v) is 15.4. The van der Waals surface area contributed by atoms with Crippen molar-refractivity contribution in [3.8, 4) is 0 Å². The van der Waals surface area contributed by atoms with E-state index in [1.54, 1.807) is 43.0 Å². The van der Waals surface area contributed by atoms with Gasteiger partial charge in [0.25, 0.3) is 5.91 Å². The molecular formula is C16H21ClN2O4S. The lowest BCUT2D eigenvalue weighted by molar-refractivity contribution is -0.145. The maximum absolute atomic E-state index is 12.2. The van der Waals surface area contributed by atoms with Crippen molar-refractivity contribution in [1.82, 2.24) is 10.6 Å². The maximum Gasteiger partial charge on any atom is 0.328 e. The van der Waals surface area contributed by atoms with E-state index in [1.807, 2.05) is 6.26 Å². The molecule has 2 amide bonds. The fourth-order valence-corrected chi connectivity index (χ4v) is 2.47. The number of hydrogen-bond donors (Lipinski definition) is 2. The van der Waals surface area contributed by atoms with Crippen LogP contribution in [0.3, 0.4) is 0 Å².